The number of benzene rings is 1. The van der Waals surface area contributed by atoms with Gasteiger partial charge in [-0.2, -0.15) is 0 Å². The van der Waals surface area contributed by atoms with Crippen LogP contribution in [0.1, 0.15) is 10.4 Å². The molecule has 0 bridgehead atoms. The maximum absolute atomic E-state index is 13.4. The molecule has 0 aliphatic carbocycles. The molecule has 0 saturated heterocycles. The third-order valence-electron chi connectivity index (χ3n) is 1.83. The highest BCUT2D eigenvalue weighted by atomic mass is 19.1. The van der Waals surface area contributed by atoms with Crippen molar-refractivity contribution in [3.63, 3.8) is 0 Å². The summed E-state index contributed by atoms with van der Waals surface area (Å²) in [5.74, 6) is -3.40. The fourth-order valence-corrected chi connectivity index (χ4v) is 1.07. The van der Waals surface area contributed by atoms with Crippen LogP contribution >= 0.6 is 0 Å². The fourth-order valence-electron chi connectivity index (χ4n) is 1.07. The van der Waals surface area contributed by atoms with Gasteiger partial charge in [0.25, 0.3) is 0 Å². The number of carbonyl (C=O) groups is 1. The Hall–Kier alpha value is -1.85. The number of anilines is 1. The van der Waals surface area contributed by atoms with Crippen LogP contribution in [-0.2, 0) is 4.74 Å². The summed E-state index contributed by atoms with van der Waals surface area (Å²) < 4.78 is 35.3. The van der Waals surface area contributed by atoms with Crippen molar-refractivity contribution < 1.29 is 23.0 Å². The van der Waals surface area contributed by atoms with Crippen molar-refractivity contribution in [1.82, 2.24) is 0 Å². The molecule has 0 spiro atoms. The maximum Gasteiger partial charge on any atom is 0.344 e. The normalized spacial score (nSPS) is 9.87. The van der Waals surface area contributed by atoms with Gasteiger partial charge in [-0.05, 0) is 0 Å². The molecule has 0 fully saturated rings. The van der Waals surface area contributed by atoms with Gasteiger partial charge in [0.1, 0.15) is 17.0 Å². The average molecular weight is 217 g/mol. The van der Waals surface area contributed by atoms with E-state index in [-0.39, 0.29) is 5.75 Å². The van der Waals surface area contributed by atoms with Crippen LogP contribution in [0.4, 0.5) is 14.5 Å². The Bertz CT molecular complexity index is 407. The van der Waals surface area contributed by atoms with Gasteiger partial charge in [0.05, 0.1) is 14.2 Å². The van der Waals surface area contributed by atoms with E-state index in [1.54, 1.807) is 0 Å². The molecule has 15 heavy (non-hydrogen) atoms. The standard InChI is InChI=1S/C9H9F2NO3/c1-14-5-3-4(10)8(12)7(11)6(5)9(13)15-2/h3H,12H2,1-2H3. The smallest absolute Gasteiger partial charge is 0.344 e. The molecule has 1 aromatic carbocycles. The topological polar surface area (TPSA) is 61.5 Å². The summed E-state index contributed by atoms with van der Waals surface area (Å²) in [5, 5.41) is 0. The van der Waals surface area contributed by atoms with Crippen molar-refractivity contribution in [3.8, 4) is 5.75 Å². The second-order valence-corrected chi connectivity index (χ2v) is 2.65. The molecule has 2 N–H and O–H groups in total. The summed E-state index contributed by atoms with van der Waals surface area (Å²) in [6.45, 7) is 0. The van der Waals surface area contributed by atoms with Crippen molar-refractivity contribution in [2.75, 3.05) is 20.0 Å². The van der Waals surface area contributed by atoms with E-state index in [9.17, 15) is 13.6 Å². The van der Waals surface area contributed by atoms with E-state index >= 15 is 0 Å². The van der Waals surface area contributed by atoms with Gasteiger partial charge < -0.3 is 15.2 Å². The van der Waals surface area contributed by atoms with Gasteiger partial charge in [-0.3, -0.25) is 0 Å². The Morgan fingerprint density at radius 2 is 2.00 bits per heavy atom. The summed E-state index contributed by atoms with van der Waals surface area (Å²) in [5.41, 5.74) is 3.83. The second-order valence-electron chi connectivity index (χ2n) is 2.65. The number of methoxy groups -OCH3 is 2. The lowest BCUT2D eigenvalue weighted by Crippen LogP contribution is -2.10. The predicted molar refractivity (Wildman–Crippen MR) is 48.7 cm³/mol. The largest absolute Gasteiger partial charge is 0.496 e. The monoisotopic (exact) mass is 217 g/mol. The lowest BCUT2D eigenvalue weighted by atomic mass is 10.1. The molecule has 1 aromatic rings. The molecule has 0 aliphatic heterocycles. The van der Waals surface area contributed by atoms with Crippen LogP contribution in [0.2, 0.25) is 0 Å². The first-order valence-electron chi connectivity index (χ1n) is 3.92. The molecular formula is C9H9F2NO3. The minimum absolute atomic E-state index is 0.258. The number of esters is 1. The van der Waals surface area contributed by atoms with E-state index in [2.05, 4.69) is 9.47 Å². The molecule has 0 aromatic heterocycles. The van der Waals surface area contributed by atoms with Crippen molar-refractivity contribution in [1.29, 1.82) is 0 Å². The zero-order valence-corrected chi connectivity index (χ0v) is 8.14. The quantitative estimate of drug-likeness (QED) is 0.599. The van der Waals surface area contributed by atoms with Gasteiger partial charge >= 0.3 is 5.97 Å². The van der Waals surface area contributed by atoms with E-state index in [4.69, 9.17) is 5.73 Å². The number of hydrogen-bond donors (Lipinski definition) is 1. The minimum Gasteiger partial charge on any atom is -0.496 e. The summed E-state index contributed by atoms with van der Waals surface area (Å²) >= 11 is 0. The van der Waals surface area contributed by atoms with Crippen molar-refractivity contribution in [2.45, 2.75) is 0 Å². The summed E-state index contributed by atoms with van der Waals surface area (Å²) in [6.07, 6.45) is 0. The molecule has 0 amide bonds. The molecule has 0 heterocycles. The third-order valence-corrected chi connectivity index (χ3v) is 1.83. The molecule has 0 radical (unpaired) electrons. The first-order valence-corrected chi connectivity index (χ1v) is 3.92. The van der Waals surface area contributed by atoms with E-state index in [0.717, 1.165) is 13.2 Å². The molecule has 4 nitrogen and oxygen atoms in total. The van der Waals surface area contributed by atoms with Gasteiger partial charge in [0, 0.05) is 6.07 Å². The van der Waals surface area contributed by atoms with Gasteiger partial charge in [0.2, 0.25) is 0 Å². The van der Waals surface area contributed by atoms with Crippen LogP contribution in [0, 0.1) is 11.6 Å². The number of carbonyl (C=O) groups excluding carboxylic acids is 1. The van der Waals surface area contributed by atoms with Crippen LogP contribution in [0.15, 0.2) is 6.07 Å². The van der Waals surface area contributed by atoms with Crippen LogP contribution < -0.4 is 10.5 Å². The highest BCUT2D eigenvalue weighted by Gasteiger charge is 2.23. The Labute approximate surface area is 84.6 Å². The number of ether oxygens (including phenoxy) is 2. The fraction of sp³-hybridized carbons (Fsp3) is 0.222. The summed E-state index contributed by atoms with van der Waals surface area (Å²) in [4.78, 5) is 11.2. The molecule has 0 saturated carbocycles. The molecule has 6 heteroatoms. The maximum atomic E-state index is 13.4. The van der Waals surface area contributed by atoms with Crippen molar-refractivity contribution >= 4 is 11.7 Å². The second kappa shape index (κ2) is 4.12. The number of halogens is 2. The molecular weight excluding hydrogens is 208 g/mol. The summed E-state index contributed by atoms with van der Waals surface area (Å²) in [6, 6.07) is 0.824. The summed E-state index contributed by atoms with van der Waals surface area (Å²) in [7, 11) is 2.25. The lowest BCUT2D eigenvalue weighted by molar-refractivity contribution is 0.0591. The van der Waals surface area contributed by atoms with Crippen LogP contribution in [0.3, 0.4) is 0 Å². The average Bonchev–Trinajstić information content (AvgIpc) is 2.24. The van der Waals surface area contributed by atoms with E-state index < -0.39 is 28.9 Å². The van der Waals surface area contributed by atoms with Gasteiger partial charge in [-0.15, -0.1) is 0 Å². The number of hydrogen-bond acceptors (Lipinski definition) is 4. The number of rotatable bonds is 2. The van der Waals surface area contributed by atoms with Crippen LogP contribution in [0.25, 0.3) is 0 Å². The number of nitrogens with two attached hydrogens (primary N) is 1. The molecule has 82 valence electrons. The van der Waals surface area contributed by atoms with E-state index in [1.165, 1.54) is 7.11 Å². The predicted octanol–water partition coefficient (Wildman–Crippen LogP) is 1.34. The first-order chi connectivity index (χ1) is 7.02. The molecule has 0 aliphatic rings. The highest BCUT2D eigenvalue weighted by Crippen LogP contribution is 2.29. The minimum atomic E-state index is -1.18. The van der Waals surface area contributed by atoms with Gasteiger partial charge in [-0.25, -0.2) is 13.6 Å². The zero-order chi connectivity index (χ0) is 11.6. The first kappa shape index (κ1) is 11.2. The van der Waals surface area contributed by atoms with E-state index in [1.807, 2.05) is 0 Å². The zero-order valence-electron chi connectivity index (χ0n) is 8.14. The van der Waals surface area contributed by atoms with E-state index in [0.29, 0.717) is 0 Å². The van der Waals surface area contributed by atoms with Gasteiger partial charge in [0.15, 0.2) is 11.6 Å². The Morgan fingerprint density at radius 1 is 1.40 bits per heavy atom. The lowest BCUT2D eigenvalue weighted by Gasteiger charge is -2.09. The number of nitrogen functional groups attached to an aromatic ring is 1. The van der Waals surface area contributed by atoms with Crippen molar-refractivity contribution in [2.24, 2.45) is 0 Å². The third kappa shape index (κ3) is 1.83. The highest BCUT2D eigenvalue weighted by molar-refractivity contribution is 5.94. The van der Waals surface area contributed by atoms with Crippen LogP contribution in [-0.4, -0.2) is 20.2 Å². The SMILES string of the molecule is COC(=O)c1c(OC)cc(F)c(N)c1F. The van der Waals surface area contributed by atoms with Gasteiger partial charge in [-0.1, -0.05) is 0 Å². The van der Waals surface area contributed by atoms with Crippen molar-refractivity contribution in [3.05, 3.63) is 23.3 Å². The Balaban J connectivity index is 3.47. The molecule has 0 atom stereocenters. The Kier molecular flexibility index (Phi) is 3.08. The molecule has 0 unspecified atom stereocenters. The Morgan fingerprint density at radius 3 is 2.47 bits per heavy atom. The van der Waals surface area contributed by atoms with Crippen LogP contribution in [0.5, 0.6) is 5.75 Å². The molecule has 1 rings (SSSR count).